The van der Waals surface area contributed by atoms with Crippen LogP contribution < -0.4 is 10.6 Å². The summed E-state index contributed by atoms with van der Waals surface area (Å²) in [5, 5.41) is 6.29. The molecule has 1 heterocycles. The highest BCUT2D eigenvalue weighted by Gasteiger charge is 2.55. The molecule has 0 radical (unpaired) electrons. The maximum Gasteiger partial charge on any atom is 0.243 e. The zero-order valence-electron chi connectivity index (χ0n) is 20.4. The van der Waals surface area contributed by atoms with Gasteiger partial charge in [-0.2, -0.15) is 0 Å². The van der Waals surface area contributed by atoms with Crippen molar-refractivity contribution in [3.05, 3.63) is 35.4 Å². The first-order valence-corrected chi connectivity index (χ1v) is 13.3. The van der Waals surface area contributed by atoms with Crippen molar-refractivity contribution in [2.75, 3.05) is 13.1 Å². The van der Waals surface area contributed by atoms with Gasteiger partial charge in [0, 0.05) is 18.5 Å². The molecule has 1 aromatic rings. The van der Waals surface area contributed by atoms with Gasteiger partial charge in [0.15, 0.2) is 0 Å². The minimum absolute atomic E-state index is 0.0608. The number of hydrogen-bond acceptors (Lipinski definition) is 3. The maximum absolute atomic E-state index is 13.5. The summed E-state index contributed by atoms with van der Waals surface area (Å²) in [6, 6.07) is 8.11. The van der Waals surface area contributed by atoms with Crippen LogP contribution in [0.15, 0.2) is 24.3 Å². The van der Waals surface area contributed by atoms with Gasteiger partial charge < -0.3 is 10.6 Å². The van der Waals surface area contributed by atoms with Crippen molar-refractivity contribution >= 4 is 11.8 Å². The molecule has 5 heteroatoms. The average molecular weight is 452 g/mol. The molecule has 6 rings (SSSR count). The molecule has 5 fully saturated rings. The standard InChI is InChI=1S/C28H41N3O2/c1-19(2)25(30-27(33)28-14-22-11-23(15-28)13-24(12-22)16-28)26(32)29-17-20-5-7-21(8-6-20)18-31-9-3-4-10-31/h5-8,19,22-25H,3-4,9-18H2,1-2H3,(H,29,32)(H,30,33)/t22?,23?,24?,25-,28?/m1/s1. The number of carbonyl (C=O) groups is 2. The lowest BCUT2D eigenvalue weighted by molar-refractivity contribution is -0.149. The first-order chi connectivity index (χ1) is 15.9. The van der Waals surface area contributed by atoms with E-state index in [9.17, 15) is 9.59 Å². The van der Waals surface area contributed by atoms with Gasteiger partial charge in [-0.3, -0.25) is 14.5 Å². The van der Waals surface area contributed by atoms with Gasteiger partial charge in [-0.05, 0) is 99.3 Å². The summed E-state index contributed by atoms with van der Waals surface area (Å²) >= 11 is 0. The quantitative estimate of drug-likeness (QED) is 0.621. The van der Waals surface area contributed by atoms with Crippen LogP contribution in [0.1, 0.15) is 76.3 Å². The van der Waals surface area contributed by atoms with Crippen LogP contribution in [0, 0.1) is 29.1 Å². The zero-order chi connectivity index (χ0) is 23.0. The average Bonchev–Trinajstić information content (AvgIpc) is 3.28. The third kappa shape index (κ3) is 4.99. The van der Waals surface area contributed by atoms with Crippen LogP contribution in [0.25, 0.3) is 0 Å². The van der Waals surface area contributed by atoms with E-state index in [4.69, 9.17) is 0 Å². The largest absolute Gasteiger partial charge is 0.350 e. The summed E-state index contributed by atoms with van der Waals surface area (Å²) in [7, 11) is 0. The maximum atomic E-state index is 13.5. The summed E-state index contributed by atoms with van der Waals surface area (Å²) in [4.78, 5) is 29.1. The number of likely N-dealkylation sites (tertiary alicyclic amines) is 1. The fourth-order valence-corrected chi connectivity index (χ4v) is 7.48. The van der Waals surface area contributed by atoms with Crippen LogP contribution in [0.5, 0.6) is 0 Å². The molecular weight excluding hydrogens is 410 g/mol. The van der Waals surface area contributed by atoms with Crippen molar-refractivity contribution < 1.29 is 9.59 Å². The van der Waals surface area contributed by atoms with Gasteiger partial charge in [-0.25, -0.2) is 0 Å². The Morgan fingerprint density at radius 2 is 1.48 bits per heavy atom. The topological polar surface area (TPSA) is 61.4 Å². The van der Waals surface area contributed by atoms with E-state index in [0.29, 0.717) is 6.54 Å². The van der Waals surface area contributed by atoms with Gasteiger partial charge in [0.1, 0.15) is 6.04 Å². The highest BCUT2D eigenvalue weighted by Crippen LogP contribution is 2.60. The highest BCUT2D eigenvalue weighted by molar-refractivity contribution is 5.90. The SMILES string of the molecule is CC(C)[C@@H](NC(=O)C12CC3CC(CC(C3)C1)C2)C(=O)NCc1ccc(CN2CCCC2)cc1. The van der Waals surface area contributed by atoms with E-state index in [1.165, 1.54) is 50.8 Å². The third-order valence-electron chi connectivity index (χ3n) is 8.85. The summed E-state index contributed by atoms with van der Waals surface area (Å²) < 4.78 is 0. The third-order valence-corrected chi connectivity index (χ3v) is 8.85. The molecule has 4 saturated carbocycles. The Bertz CT molecular complexity index is 821. The molecular formula is C28H41N3O2. The van der Waals surface area contributed by atoms with Crippen molar-refractivity contribution in [3.8, 4) is 0 Å². The van der Waals surface area contributed by atoms with Gasteiger partial charge in [-0.15, -0.1) is 0 Å². The number of benzene rings is 1. The van der Waals surface area contributed by atoms with E-state index in [1.807, 2.05) is 13.8 Å². The fourth-order valence-electron chi connectivity index (χ4n) is 7.48. The number of rotatable bonds is 8. The lowest BCUT2D eigenvalue weighted by Gasteiger charge is -2.55. The second-order valence-corrected chi connectivity index (χ2v) is 11.9. The van der Waals surface area contributed by atoms with Gasteiger partial charge in [0.2, 0.25) is 11.8 Å². The normalized spacial score (nSPS) is 31.7. The molecule has 2 N–H and O–H groups in total. The van der Waals surface area contributed by atoms with Crippen molar-refractivity contribution in [2.24, 2.45) is 29.1 Å². The number of amides is 2. The Labute approximate surface area is 199 Å². The molecule has 0 aromatic heterocycles. The number of hydrogen-bond donors (Lipinski definition) is 2. The predicted octanol–water partition coefficient (Wildman–Crippen LogP) is 4.26. The summed E-state index contributed by atoms with van der Waals surface area (Å²) in [6.07, 6.45) is 9.65. The molecule has 4 bridgehead atoms. The van der Waals surface area contributed by atoms with Gasteiger partial charge in [0.25, 0.3) is 0 Å². The molecule has 5 aliphatic rings. The lowest BCUT2D eigenvalue weighted by atomic mass is 9.49. The van der Waals surface area contributed by atoms with Crippen LogP contribution in [0.4, 0.5) is 0 Å². The van der Waals surface area contributed by atoms with E-state index in [0.717, 1.165) is 49.1 Å². The summed E-state index contributed by atoms with van der Waals surface area (Å²) in [5.74, 6) is 2.31. The van der Waals surface area contributed by atoms with E-state index in [2.05, 4.69) is 39.8 Å². The van der Waals surface area contributed by atoms with Crippen molar-refractivity contribution in [1.29, 1.82) is 0 Å². The summed E-state index contributed by atoms with van der Waals surface area (Å²) in [5.41, 5.74) is 2.21. The minimum atomic E-state index is -0.472. The molecule has 1 aromatic carbocycles. The zero-order valence-corrected chi connectivity index (χ0v) is 20.4. The predicted molar refractivity (Wildman–Crippen MR) is 130 cm³/mol. The van der Waals surface area contributed by atoms with Crippen LogP contribution in [-0.4, -0.2) is 35.8 Å². The van der Waals surface area contributed by atoms with E-state index >= 15 is 0 Å². The monoisotopic (exact) mass is 451 g/mol. The molecule has 4 aliphatic carbocycles. The van der Waals surface area contributed by atoms with Gasteiger partial charge in [0.05, 0.1) is 0 Å². The Hall–Kier alpha value is -1.88. The molecule has 1 saturated heterocycles. The smallest absolute Gasteiger partial charge is 0.243 e. The van der Waals surface area contributed by atoms with E-state index < -0.39 is 6.04 Å². The minimum Gasteiger partial charge on any atom is -0.350 e. The Morgan fingerprint density at radius 1 is 0.939 bits per heavy atom. The lowest BCUT2D eigenvalue weighted by Crippen LogP contribution is -2.58. The van der Waals surface area contributed by atoms with E-state index in [1.54, 1.807) is 0 Å². The Kier molecular flexibility index (Phi) is 6.52. The Balaban J connectivity index is 1.16. The van der Waals surface area contributed by atoms with Crippen molar-refractivity contribution in [1.82, 2.24) is 15.5 Å². The van der Waals surface area contributed by atoms with Gasteiger partial charge >= 0.3 is 0 Å². The molecule has 2 amide bonds. The second kappa shape index (κ2) is 9.40. The Morgan fingerprint density at radius 3 is 2.03 bits per heavy atom. The van der Waals surface area contributed by atoms with Crippen LogP contribution >= 0.6 is 0 Å². The van der Waals surface area contributed by atoms with Crippen molar-refractivity contribution in [2.45, 2.75) is 84.3 Å². The van der Waals surface area contributed by atoms with Crippen LogP contribution in [-0.2, 0) is 22.7 Å². The van der Waals surface area contributed by atoms with Crippen LogP contribution in [0.2, 0.25) is 0 Å². The first kappa shape index (κ1) is 22.9. The highest BCUT2D eigenvalue weighted by atomic mass is 16.2. The summed E-state index contributed by atoms with van der Waals surface area (Å²) in [6.45, 7) is 7.96. The fraction of sp³-hybridized carbons (Fsp3) is 0.714. The molecule has 0 spiro atoms. The molecule has 1 aliphatic heterocycles. The molecule has 1 atom stereocenters. The number of nitrogens with zero attached hydrogens (tertiary/aromatic N) is 1. The van der Waals surface area contributed by atoms with Crippen LogP contribution in [0.3, 0.4) is 0 Å². The second-order valence-electron chi connectivity index (χ2n) is 11.9. The first-order valence-electron chi connectivity index (χ1n) is 13.3. The molecule has 180 valence electrons. The molecule has 33 heavy (non-hydrogen) atoms. The van der Waals surface area contributed by atoms with E-state index in [-0.39, 0.29) is 23.1 Å². The molecule has 5 nitrogen and oxygen atoms in total. The van der Waals surface area contributed by atoms with Crippen molar-refractivity contribution in [3.63, 3.8) is 0 Å². The number of carbonyl (C=O) groups excluding carboxylic acids is 2. The number of nitrogens with one attached hydrogen (secondary N) is 2. The van der Waals surface area contributed by atoms with Gasteiger partial charge in [-0.1, -0.05) is 38.1 Å². The molecule has 0 unspecified atom stereocenters.